The molecule has 1 aromatic carbocycles. The first-order valence-corrected chi connectivity index (χ1v) is 6.00. The summed E-state index contributed by atoms with van der Waals surface area (Å²) >= 11 is 4.76. The topological polar surface area (TPSA) is 64.3 Å². The van der Waals surface area contributed by atoms with Gasteiger partial charge in [0.2, 0.25) is 0 Å². The molecule has 0 aromatic heterocycles. The maximum Gasteiger partial charge on any atom is 0.405 e. The molecule has 0 saturated carbocycles. The molecule has 0 aliphatic carbocycles. The number of benzene rings is 1. The highest BCUT2D eigenvalue weighted by atomic mass is 32.1. The van der Waals surface area contributed by atoms with E-state index in [0.717, 1.165) is 5.56 Å². The molecular weight excluding hydrogens is 293 g/mol. The lowest BCUT2D eigenvalue weighted by atomic mass is 10.1. The van der Waals surface area contributed by atoms with E-state index >= 15 is 0 Å². The first kappa shape index (κ1) is 16.2. The molecule has 20 heavy (non-hydrogen) atoms. The van der Waals surface area contributed by atoms with Gasteiger partial charge in [0.25, 0.3) is 5.91 Å². The van der Waals surface area contributed by atoms with E-state index in [1.807, 2.05) is 0 Å². The van der Waals surface area contributed by atoms with Gasteiger partial charge in [-0.15, -0.1) is 0 Å². The molecule has 110 valence electrons. The van der Waals surface area contributed by atoms with Gasteiger partial charge < -0.3 is 15.8 Å². The summed E-state index contributed by atoms with van der Waals surface area (Å²) in [5.41, 5.74) is 6.27. The van der Waals surface area contributed by atoms with Crippen molar-refractivity contribution in [2.75, 3.05) is 13.2 Å². The lowest BCUT2D eigenvalue weighted by Crippen LogP contribution is -2.36. The van der Waals surface area contributed by atoms with E-state index in [9.17, 15) is 18.0 Å². The predicted molar refractivity (Wildman–Crippen MR) is 71.5 cm³/mol. The maximum atomic E-state index is 11.9. The van der Waals surface area contributed by atoms with Crippen molar-refractivity contribution < 1.29 is 22.7 Å². The summed E-state index contributed by atoms with van der Waals surface area (Å²) < 4.78 is 40.6. The smallest absolute Gasteiger partial charge is 0.405 e. The van der Waals surface area contributed by atoms with Crippen LogP contribution in [0.1, 0.15) is 5.56 Å². The van der Waals surface area contributed by atoms with Crippen LogP contribution in [0.3, 0.4) is 0 Å². The van der Waals surface area contributed by atoms with Crippen molar-refractivity contribution in [2.45, 2.75) is 12.6 Å². The van der Waals surface area contributed by atoms with Crippen LogP contribution in [0.5, 0.6) is 5.75 Å². The van der Waals surface area contributed by atoms with Gasteiger partial charge >= 0.3 is 6.18 Å². The van der Waals surface area contributed by atoms with Crippen molar-refractivity contribution in [3.05, 3.63) is 29.8 Å². The number of alkyl halides is 3. The second-order valence-electron chi connectivity index (χ2n) is 3.97. The van der Waals surface area contributed by atoms with Crippen molar-refractivity contribution in [3.8, 4) is 5.75 Å². The molecule has 0 radical (unpaired) electrons. The highest BCUT2D eigenvalue weighted by Gasteiger charge is 2.27. The summed E-state index contributed by atoms with van der Waals surface area (Å²) in [6, 6.07) is 6.60. The van der Waals surface area contributed by atoms with Crippen LogP contribution in [0.2, 0.25) is 0 Å². The van der Waals surface area contributed by atoms with Gasteiger partial charge in [-0.25, -0.2) is 0 Å². The van der Waals surface area contributed by atoms with Gasteiger partial charge in [-0.3, -0.25) is 4.79 Å². The van der Waals surface area contributed by atoms with E-state index in [1.165, 1.54) is 0 Å². The molecule has 0 heterocycles. The number of hydrogen-bond acceptors (Lipinski definition) is 3. The molecule has 0 aliphatic rings. The van der Waals surface area contributed by atoms with E-state index in [1.54, 1.807) is 29.6 Å². The Morgan fingerprint density at radius 2 is 1.90 bits per heavy atom. The molecule has 0 bridgehead atoms. The summed E-state index contributed by atoms with van der Waals surface area (Å²) in [5.74, 6) is -0.464. The number of carbonyl (C=O) groups is 1. The fourth-order valence-corrected chi connectivity index (χ4v) is 1.47. The van der Waals surface area contributed by atoms with Crippen molar-refractivity contribution >= 4 is 23.1 Å². The van der Waals surface area contributed by atoms with E-state index in [0.29, 0.717) is 17.2 Å². The summed E-state index contributed by atoms with van der Waals surface area (Å²) in [4.78, 5) is 11.5. The number of rotatable bonds is 6. The van der Waals surface area contributed by atoms with Crippen LogP contribution in [0.4, 0.5) is 13.2 Å². The van der Waals surface area contributed by atoms with Crippen LogP contribution in [0.25, 0.3) is 0 Å². The monoisotopic (exact) mass is 306 g/mol. The van der Waals surface area contributed by atoms with Crippen molar-refractivity contribution in [1.29, 1.82) is 0 Å². The summed E-state index contributed by atoms with van der Waals surface area (Å²) in [5, 5.41) is 1.71. The van der Waals surface area contributed by atoms with Crippen molar-refractivity contribution in [1.82, 2.24) is 5.32 Å². The second kappa shape index (κ2) is 7.09. The van der Waals surface area contributed by atoms with Gasteiger partial charge in [-0.05, 0) is 17.7 Å². The van der Waals surface area contributed by atoms with E-state index in [2.05, 4.69) is 0 Å². The molecule has 0 atom stereocenters. The normalized spacial score (nSPS) is 10.9. The third-order valence-corrected chi connectivity index (χ3v) is 2.30. The van der Waals surface area contributed by atoms with Gasteiger partial charge in [0.05, 0.1) is 4.99 Å². The Balaban J connectivity index is 2.38. The number of ether oxygens (including phenoxy) is 1. The molecule has 1 rings (SSSR count). The Morgan fingerprint density at radius 3 is 2.40 bits per heavy atom. The molecule has 3 N–H and O–H groups in total. The molecule has 8 heteroatoms. The van der Waals surface area contributed by atoms with Gasteiger partial charge in [-0.1, -0.05) is 24.4 Å². The number of halogens is 3. The van der Waals surface area contributed by atoms with Crippen LogP contribution in [-0.4, -0.2) is 30.2 Å². The van der Waals surface area contributed by atoms with E-state index in [-0.39, 0.29) is 0 Å². The van der Waals surface area contributed by atoms with Crippen molar-refractivity contribution in [3.63, 3.8) is 0 Å². The minimum Gasteiger partial charge on any atom is -0.484 e. The third-order valence-electron chi connectivity index (χ3n) is 2.16. The number of nitrogens with one attached hydrogen (secondary N) is 1. The largest absolute Gasteiger partial charge is 0.484 e. The fraction of sp³-hybridized carbons (Fsp3) is 0.333. The Kier molecular flexibility index (Phi) is 5.75. The number of thiocarbonyl (C=S) groups is 1. The Hall–Kier alpha value is -1.83. The quantitative estimate of drug-likeness (QED) is 0.783. The summed E-state index contributed by atoms with van der Waals surface area (Å²) in [7, 11) is 0. The standard InChI is InChI=1S/C12H13F3N2O2S/c13-12(14,15)7-17-11(18)6-19-9-3-1-8(2-4-9)5-10(16)20/h1-4H,5-7H2,(H2,16,20)(H,17,18). The van der Waals surface area contributed by atoms with Crippen LogP contribution in [-0.2, 0) is 11.2 Å². The molecule has 0 aliphatic heterocycles. The SMILES string of the molecule is NC(=S)Cc1ccc(OCC(=O)NCC(F)(F)F)cc1. The van der Waals surface area contributed by atoms with Gasteiger partial charge in [0.15, 0.2) is 6.61 Å². The Morgan fingerprint density at radius 1 is 1.30 bits per heavy atom. The van der Waals surface area contributed by atoms with Crippen LogP contribution in [0, 0.1) is 0 Å². The van der Waals surface area contributed by atoms with Crippen LogP contribution < -0.4 is 15.8 Å². The molecule has 1 amide bonds. The number of amides is 1. The zero-order chi connectivity index (χ0) is 15.2. The van der Waals surface area contributed by atoms with E-state index < -0.39 is 25.2 Å². The maximum absolute atomic E-state index is 11.9. The third kappa shape index (κ3) is 6.93. The Bertz CT molecular complexity index is 475. The number of hydrogen-bond donors (Lipinski definition) is 2. The van der Waals surface area contributed by atoms with Crippen LogP contribution >= 0.6 is 12.2 Å². The summed E-state index contributed by atoms with van der Waals surface area (Å²) in [6.07, 6.45) is -3.99. The van der Waals surface area contributed by atoms with Gasteiger partial charge in [-0.2, -0.15) is 13.2 Å². The van der Waals surface area contributed by atoms with Crippen LogP contribution in [0.15, 0.2) is 24.3 Å². The Labute approximate surface area is 119 Å². The minimum absolute atomic E-state index is 0.352. The van der Waals surface area contributed by atoms with E-state index in [4.69, 9.17) is 22.7 Å². The second-order valence-corrected chi connectivity index (χ2v) is 4.49. The molecule has 0 saturated heterocycles. The highest BCUT2D eigenvalue weighted by Crippen LogP contribution is 2.13. The predicted octanol–water partition coefficient (Wildman–Crippen LogP) is 1.57. The zero-order valence-electron chi connectivity index (χ0n) is 10.4. The van der Waals surface area contributed by atoms with Gasteiger partial charge in [0, 0.05) is 6.42 Å². The first-order valence-electron chi connectivity index (χ1n) is 5.60. The molecule has 0 fully saturated rings. The first-order chi connectivity index (χ1) is 9.26. The highest BCUT2D eigenvalue weighted by molar-refractivity contribution is 7.80. The molecule has 0 spiro atoms. The minimum atomic E-state index is -4.43. The molecule has 0 unspecified atom stereocenters. The molecule has 1 aromatic rings. The fourth-order valence-electron chi connectivity index (χ4n) is 1.30. The lowest BCUT2D eigenvalue weighted by molar-refractivity contribution is -0.139. The van der Waals surface area contributed by atoms with Crippen molar-refractivity contribution in [2.24, 2.45) is 5.73 Å². The lowest BCUT2D eigenvalue weighted by Gasteiger charge is -2.09. The molecule has 4 nitrogen and oxygen atoms in total. The number of nitrogens with two attached hydrogens (primary N) is 1. The summed E-state index contributed by atoms with van der Waals surface area (Å²) in [6.45, 7) is -1.85. The average Bonchev–Trinajstić information content (AvgIpc) is 2.34. The number of carbonyl (C=O) groups excluding carboxylic acids is 1. The van der Waals surface area contributed by atoms with Gasteiger partial charge in [0.1, 0.15) is 12.3 Å². The average molecular weight is 306 g/mol. The zero-order valence-corrected chi connectivity index (χ0v) is 11.2. The molecular formula is C12H13F3N2O2S.